The van der Waals surface area contributed by atoms with E-state index < -0.39 is 0 Å². The normalized spacial score (nSPS) is 10.9. The molecule has 2 aromatic carbocycles. The number of anilines is 3. The molecule has 0 spiro atoms. The molecule has 29 heavy (non-hydrogen) atoms. The molecule has 4 rings (SSSR count). The second kappa shape index (κ2) is 7.73. The first kappa shape index (κ1) is 19.2. The number of aromatic nitrogens is 3. The molecule has 1 amide bonds. The molecule has 4 aromatic rings. The van der Waals surface area contributed by atoms with Crippen LogP contribution in [-0.2, 0) is 7.05 Å². The van der Waals surface area contributed by atoms with E-state index in [1.165, 1.54) is 0 Å². The lowest BCUT2D eigenvalue weighted by molar-refractivity contribution is 0.102. The summed E-state index contributed by atoms with van der Waals surface area (Å²) >= 11 is 12.5. The Labute approximate surface area is 177 Å². The maximum absolute atomic E-state index is 12.6. The smallest absolute Gasteiger partial charge is 0.256 e. The summed E-state index contributed by atoms with van der Waals surface area (Å²) in [5.41, 5.74) is 3.62. The molecule has 8 heteroatoms. The lowest BCUT2D eigenvalue weighted by Gasteiger charge is -2.09. The number of nitrogens with zero attached hydrogens (tertiary/aromatic N) is 3. The van der Waals surface area contributed by atoms with E-state index in [-0.39, 0.29) is 5.91 Å². The predicted octanol–water partition coefficient (Wildman–Crippen LogP) is 5.58. The fourth-order valence-electron chi connectivity index (χ4n) is 2.91. The summed E-state index contributed by atoms with van der Waals surface area (Å²) in [5.74, 6) is 0.808. The van der Waals surface area contributed by atoms with Crippen molar-refractivity contribution in [2.45, 2.75) is 6.92 Å². The zero-order valence-corrected chi connectivity index (χ0v) is 17.2. The van der Waals surface area contributed by atoms with E-state index in [1.54, 1.807) is 42.6 Å². The van der Waals surface area contributed by atoms with Gasteiger partial charge in [-0.15, -0.1) is 0 Å². The highest BCUT2D eigenvalue weighted by molar-refractivity contribution is 6.39. The molecule has 0 fully saturated rings. The summed E-state index contributed by atoms with van der Waals surface area (Å²) < 4.78 is 1.87. The van der Waals surface area contributed by atoms with E-state index in [0.29, 0.717) is 38.6 Å². The third kappa shape index (κ3) is 3.90. The Morgan fingerprint density at radius 3 is 2.52 bits per heavy atom. The minimum Gasteiger partial charge on any atom is -0.323 e. The Hall–Kier alpha value is -3.09. The molecule has 0 aliphatic carbocycles. The number of pyridine rings is 1. The summed E-state index contributed by atoms with van der Waals surface area (Å²) in [4.78, 5) is 21.4. The highest BCUT2D eigenvalue weighted by atomic mass is 35.5. The molecule has 0 aliphatic heterocycles. The van der Waals surface area contributed by atoms with Crippen molar-refractivity contribution >= 4 is 57.6 Å². The van der Waals surface area contributed by atoms with Crippen molar-refractivity contribution in [3.05, 3.63) is 75.9 Å². The van der Waals surface area contributed by atoms with Crippen molar-refractivity contribution in [3.8, 4) is 0 Å². The number of amides is 1. The van der Waals surface area contributed by atoms with Crippen molar-refractivity contribution in [2.24, 2.45) is 7.05 Å². The van der Waals surface area contributed by atoms with E-state index in [4.69, 9.17) is 23.2 Å². The minimum atomic E-state index is -0.252. The molecule has 146 valence electrons. The van der Waals surface area contributed by atoms with E-state index in [2.05, 4.69) is 20.6 Å². The maximum atomic E-state index is 12.6. The standard InChI is InChI=1S/C21H17Cl2N5O/c1-12-6-9-18(24-11-12)26-20(29)13-7-8-17-16(10-13)25-21(28(17)2)27-19-14(22)4-3-5-15(19)23/h3-11H,1-2H3,(H,25,27)(H,24,26,29). The van der Waals surface area contributed by atoms with Gasteiger partial charge in [0.25, 0.3) is 5.91 Å². The molecule has 0 aliphatic rings. The summed E-state index contributed by atoms with van der Waals surface area (Å²) in [6.45, 7) is 1.94. The third-order valence-corrected chi connectivity index (χ3v) is 5.13. The van der Waals surface area contributed by atoms with Crippen LogP contribution in [0.3, 0.4) is 0 Å². The van der Waals surface area contributed by atoms with Gasteiger partial charge in [-0.2, -0.15) is 0 Å². The van der Waals surface area contributed by atoms with Crippen LogP contribution in [0.4, 0.5) is 17.5 Å². The van der Waals surface area contributed by atoms with Gasteiger partial charge < -0.3 is 15.2 Å². The second-order valence-electron chi connectivity index (χ2n) is 6.59. The van der Waals surface area contributed by atoms with Crippen molar-refractivity contribution in [3.63, 3.8) is 0 Å². The van der Waals surface area contributed by atoms with Gasteiger partial charge in [-0.25, -0.2) is 9.97 Å². The molecule has 0 bridgehead atoms. The summed E-state index contributed by atoms with van der Waals surface area (Å²) in [5, 5.41) is 6.95. The first-order chi connectivity index (χ1) is 13.9. The van der Waals surface area contributed by atoms with E-state index in [9.17, 15) is 4.79 Å². The van der Waals surface area contributed by atoms with Crippen LogP contribution >= 0.6 is 23.2 Å². The lowest BCUT2D eigenvalue weighted by atomic mass is 10.2. The summed E-state index contributed by atoms with van der Waals surface area (Å²) in [7, 11) is 1.87. The molecular weight excluding hydrogens is 409 g/mol. The molecule has 2 heterocycles. The monoisotopic (exact) mass is 425 g/mol. The number of halogens is 2. The lowest BCUT2D eigenvalue weighted by Crippen LogP contribution is -2.12. The first-order valence-electron chi connectivity index (χ1n) is 8.84. The largest absolute Gasteiger partial charge is 0.323 e. The molecule has 2 N–H and O–H groups in total. The van der Waals surface area contributed by atoms with Gasteiger partial charge >= 0.3 is 0 Å². The molecule has 0 radical (unpaired) electrons. The van der Waals surface area contributed by atoms with Gasteiger partial charge in [0.15, 0.2) is 0 Å². The number of para-hydroxylation sites is 1. The maximum Gasteiger partial charge on any atom is 0.256 e. The van der Waals surface area contributed by atoms with Crippen molar-refractivity contribution in [2.75, 3.05) is 10.6 Å². The second-order valence-corrected chi connectivity index (χ2v) is 7.41. The fraction of sp³-hybridized carbons (Fsp3) is 0.0952. The van der Waals surface area contributed by atoms with Crippen LogP contribution in [0.1, 0.15) is 15.9 Å². The number of rotatable bonds is 4. The highest BCUT2D eigenvalue weighted by Crippen LogP contribution is 2.33. The van der Waals surface area contributed by atoms with Crippen molar-refractivity contribution < 1.29 is 4.79 Å². The van der Waals surface area contributed by atoms with Crippen molar-refractivity contribution in [1.82, 2.24) is 14.5 Å². The van der Waals surface area contributed by atoms with Gasteiger partial charge in [0.1, 0.15) is 5.82 Å². The quantitative estimate of drug-likeness (QED) is 0.447. The van der Waals surface area contributed by atoms with Crippen LogP contribution in [0.2, 0.25) is 10.0 Å². The Balaban J connectivity index is 1.63. The van der Waals surface area contributed by atoms with Crippen LogP contribution < -0.4 is 10.6 Å². The molecule has 0 atom stereocenters. The zero-order chi connectivity index (χ0) is 20.5. The Morgan fingerprint density at radius 1 is 1.07 bits per heavy atom. The number of hydrogen-bond donors (Lipinski definition) is 2. The molecular formula is C21H17Cl2N5O. The number of fused-ring (bicyclic) bond motifs is 1. The number of benzene rings is 2. The van der Waals surface area contributed by atoms with Crippen molar-refractivity contribution in [1.29, 1.82) is 0 Å². The predicted molar refractivity (Wildman–Crippen MR) is 117 cm³/mol. The average molecular weight is 426 g/mol. The van der Waals surface area contributed by atoms with Crippen LogP contribution in [0, 0.1) is 6.92 Å². The van der Waals surface area contributed by atoms with Gasteiger partial charge in [0.05, 0.1) is 26.8 Å². The van der Waals surface area contributed by atoms with E-state index in [1.807, 2.05) is 30.7 Å². The topological polar surface area (TPSA) is 71.8 Å². The Morgan fingerprint density at radius 2 is 1.83 bits per heavy atom. The highest BCUT2D eigenvalue weighted by Gasteiger charge is 2.14. The number of carbonyl (C=O) groups is 1. The SMILES string of the molecule is Cc1ccc(NC(=O)c2ccc3c(c2)nc(Nc2c(Cl)cccc2Cl)n3C)nc1. The van der Waals surface area contributed by atoms with Crippen LogP contribution in [-0.4, -0.2) is 20.4 Å². The third-order valence-electron chi connectivity index (χ3n) is 4.50. The van der Waals surface area contributed by atoms with Crippen LogP contribution in [0.15, 0.2) is 54.7 Å². The minimum absolute atomic E-state index is 0.252. The average Bonchev–Trinajstić information content (AvgIpc) is 3.01. The van der Waals surface area contributed by atoms with Gasteiger partial charge in [-0.05, 0) is 48.9 Å². The number of imidazole rings is 1. The molecule has 0 unspecified atom stereocenters. The summed E-state index contributed by atoms with van der Waals surface area (Å²) in [6, 6.07) is 14.3. The number of carbonyl (C=O) groups excluding carboxylic acids is 1. The van der Waals surface area contributed by atoms with Gasteiger partial charge in [-0.3, -0.25) is 4.79 Å². The van der Waals surface area contributed by atoms with Gasteiger partial charge in [-0.1, -0.05) is 35.3 Å². The molecule has 0 saturated heterocycles. The number of nitrogens with one attached hydrogen (secondary N) is 2. The van der Waals surface area contributed by atoms with Gasteiger partial charge in [0, 0.05) is 18.8 Å². The van der Waals surface area contributed by atoms with E-state index >= 15 is 0 Å². The Bertz CT molecular complexity index is 1200. The fourth-order valence-corrected chi connectivity index (χ4v) is 3.40. The molecule has 2 aromatic heterocycles. The number of aryl methyl sites for hydroxylation is 2. The molecule has 0 saturated carbocycles. The zero-order valence-electron chi connectivity index (χ0n) is 15.7. The van der Waals surface area contributed by atoms with Crippen LogP contribution in [0.5, 0.6) is 0 Å². The van der Waals surface area contributed by atoms with Crippen LogP contribution in [0.25, 0.3) is 11.0 Å². The molecule has 6 nitrogen and oxygen atoms in total. The Kier molecular flexibility index (Phi) is 5.13. The number of hydrogen-bond acceptors (Lipinski definition) is 4. The van der Waals surface area contributed by atoms with Gasteiger partial charge in [0.2, 0.25) is 5.95 Å². The summed E-state index contributed by atoms with van der Waals surface area (Å²) in [6.07, 6.45) is 1.70. The first-order valence-corrected chi connectivity index (χ1v) is 9.59. The van der Waals surface area contributed by atoms with E-state index in [0.717, 1.165) is 11.1 Å².